The second kappa shape index (κ2) is 5.70. The van der Waals surface area contributed by atoms with Gasteiger partial charge in [0, 0.05) is 12.5 Å². The number of hydrogen-bond acceptors (Lipinski definition) is 6. The molecule has 1 fully saturated rings. The van der Waals surface area contributed by atoms with Gasteiger partial charge in [0.25, 0.3) is 0 Å². The molecule has 7 nitrogen and oxygen atoms in total. The van der Waals surface area contributed by atoms with E-state index in [1.165, 1.54) is 12.8 Å². The van der Waals surface area contributed by atoms with Gasteiger partial charge in [0.15, 0.2) is 5.82 Å². The van der Waals surface area contributed by atoms with Crippen molar-refractivity contribution in [3.05, 3.63) is 23.6 Å². The van der Waals surface area contributed by atoms with Gasteiger partial charge in [0.05, 0.1) is 11.9 Å². The molecule has 2 aromatic rings. The van der Waals surface area contributed by atoms with Gasteiger partial charge in [-0.15, -0.1) is 5.10 Å². The van der Waals surface area contributed by atoms with Crippen LogP contribution in [0.15, 0.2) is 10.7 Å². The van der Waals surface area contributed by atoms with Crippen LogP contribution in [0.25, 0.3) is 0 Å². The monoisotopic (exact) mass is 276 g/mol. The van der Waals surface area contributed by atoms with Gasteiger partial charge in [-0.05, 0) is 25.3 Å². The van der Waals surface area contributed by atoms with Gasteiger partial charge in [-0.3, -0.25) is 0 Å². The molecule has 1 N–H and O–H groups in total. The van der Waals surface area contributed by atoms with Crippen molar-refractivity contribution in [3.63, 3.8) is 0 Å². The lowest BCUT2D eigenvalue weighted by molar-refractivity contribution is 0.360. The van der Waals surface area contributed by atoms with Crippen molar-refractivity contribution < 1.29 is 4.52 Å². The van der Waals surface area contributed by atoms with E-state index in [-0.39, 0.29) is 0 Å². The SMILES string of the molecule is CC(C)CNCc1cn(Cc2nc(C3CC3)no2)nn1. The van der Waals surface area contributed by atoms with Crippen molar-refractivity contribution in [2.24, 2.45) is 5.92 Å². The molecule has 108 valence electrons. The van der Waals surface area contributed by atoms with Crippen molar-refractivity contribution in [1.29, 1.82) is 0 Å². The summed E-state index contributed by atoms with van der Waals surface area (Å²) in [5, 5.41) is 15.5. The molecule has 7 heteroatoms. The number of rotatable bonds is 7. The molecule has 0 atom stereocenters. The summed E-state index contributed by atoms with van der Waals surface area (Å²) in [6, 6.07) is 0. The number of aromatic nitrogens is 5. The molecule has 0 aromatic carbocycles. The third-order valence-corrected chi connectivity index (χ3v) is 3.17. The normalized spacial score (nSPS) is 15.2. The Balaban J connectivity index is 1.53. The molecule has 0 saturated heterocycles. The highest BCUT2D eigenvalue weighted by Crippen LogP contribution is 2.38. The smallest absolute Gasteiger partial charge is 0.248 e. The Morgan fingerprint density at radius 2 is 2.30 bits per heavy atom. The summed E-state index contributed by atoms with van der Waals surface area (Å²) in [5.74, 6) is 2.57. The fraction of sp³-hybridized carbons (Fsp3) is 0.692. The first-order valence-corrected chi connectivity index (χ1v) is 7.13. The van der Waals surface area contributed by atoms with Crippen LogP contribution in [0.3, 0.4) is 0 Å². The lowest BCUT2D eigenvalue weighted by atomic mass is 10.2. The average molecular weight is 276 g/mol. The Morgan fingerprint density at radius 1 is 1.45 bits per heavy atom. The summed E-state index contributed by atoms with van der Waals surface area (Å²) in [5.41, 5.74) is 0.924. The lowest BCUT2D eigenvalue weighted by Gasteiger charge is -2.04. The summed E-state index contributed by atoms with van der Waals surface area (Å²) in [6.07, 6.45) is 4.26. The number of nitrogens with one attached hydrogen (secondary N) is 1. The predicted molar refractivity (Wildman–Crippen MR) is 71.9 cm³/mol. The minimum absolute atomic E-state index is 0.483. The fourth-order valence-electron chi connectivity index (χ4n) is 1.96. The van der Waals surface area contributed by atoms with Crippen LogP contribution in [-0.2, 0) is 13.1 Å². The molecule has 1 aliphatic rings. The Kier molecular flexibility index (Phi) is 3.77. The maximum absolute atomic E-state index is 5.23. The standard InChI is InChI=1S/C13H20N6O/c1-9(2)5-14-6-11-7-19(18-16-11)8-12-15-13(17-20-12)10-3-4-10/h7,9-10,14H,3-6,8H2,1-2H3. The summed E-state index contributed by atoms with van der Waals surface area (Å²) < 4.78 is 6.96. The zero-order valence-electron chi connectivity index (χ0n) is 11.9. The van der Waals surface area contributed by atoms with Crippen molar-refractivity contribution in [2.75, 3.05) is 6.54 Å². The van der Waals surface area contributed by atoms with Crippen LogP contribution in [-0.4, -0.2) is 31.7 Å². The highest BCUT2D eigenvalue weighted by atomic mass is 16.5. The molecule has 0 aliphatic heterocycles. The van der Waals surface area contributed by atoms with Gasteiger partial charge in [-0.2, -0.15) is 4.98 Å². The minimum Gasteiger partial charge on any atom is -0.337 e. The zero-order chi connectivity index (χ0) is 13.9. The van der Waals surface area contributed by atoms with E-state index in [4.69, 9.17) is 4.52 Å². The molecule has 2 heterocycles. The number of nitrogens with zero attached hydrogens (tertiary/aromatic N) is 5. The molecule has 1 saturated carbocycles. The van der Waals surface area contributed by atoms with Crippen molar-refractivity contribution in [3.8, 4) is 0 Å². The highest BCUT2D eigenvalue weighted by Gasteiger charge is 2.28. The zero-order valence-corrected chi connectivity index (χ0v) is 11.9. The van der Waals surface area contributed by atoms with E-state index in [0.29, 0.717) is 24.3 Å². The first-order chi connectivity index (χ1) is 9.70. The molecular formula is C13H20N6O. The second-order valence-electron chi connectivity index (χ2n) is 5.75. The molecule has 0 bridgehead atoms. The molecular weight excluding hydrogens is 256 g/mol. The van der Waals surface area contributed by atoms with Gasteiger partial charge in [0.2, 0.25) is 5.89 Å². The van der Waals surface area contributed by atoms with E-state index in [2.05, 4.69) is 39.6 Å². The van der Waals surface area contributed by atoms with Gasteiger partial charge < -0.3 is 9.84 Å². The predicted octanol–water partition coefficient (Wildman–Crippen LogP) is 1.33. The van der Waals surface area contributed by atoms with E-state index in [9.17, 15) is 0 Å². The molecule has 2 aromatic heterocycles. The van der Waals surface area contributed by atoms with E-state index in [1.54, 1.807) is 4.68 Å². The van der Waals surface area contributed by atoms with Crippen LogP contribution >= 0.6 is 0 Å². The largest absolute Gasteiger partial charge is 0.337 e. The quantitative estimate of drug-likeness (QED) is 0.821. The van der Waals surface area contributed by atoms with Crippen LogP contribution in [0.2, 0.25) is 0 Å². The van der Waals surface area contributed by atoms with Crippen LogP contribution < -0.4 is 5.32 Å². The van der Waals surface area contributed by atoms with Crippen molar-refractivity contribution in [2.45, 2.75) is 45.7 Å². The number of hydrogen-bond donors (Lipinski definition) is 1. The summed E-state index contributed by atoms with van der Waals surface area (Å²) >= 11 is 0. The molecule has 0 spiro atoms. The molecule has 0 unspecified atom stereocenters. The van der Waals surface area contributed by atoms with Crippen LogP contribution in [0, 0.1) is 5.92 Å². The van der Waals surface area contributed by atoms with Crippen molar-refractivity contribution in [1.82, 2.24) is 30.5 Å². The van der Waals surface area contributed by atoms with Gasteiger partial charge in [0.1, 0.15) is 6.54 Å². The Bertz CT molecular complexity index is 557. The Hall–Kier alpha value is -1.76. The summed E-state index contributed by atoms with van der Waals surface area (Å²) in [7, 11) is 0. The van der Waals surface area contributed by atoms with E-state index in [1.807, 2.05) is 6.20 Å². The van der Waals surface area contributed by atoms with Crippen LogP contribution in [0.5, 0.6) is 0 Å². The minimum atomic E-state index is 0.483. The average Bonchev–Trinajstić information content (AvgIpc) is 3.00. The van der Waals surface area contributed by atoms with Crippen molar-refractivity contribution >= 4 is 0 Å². The van der Waals surface area contributed by atoms with Crippen LogP contribution in [0.1, 0.15) is 50.0 Å². The second-order valence-corrected chi connectivity index (χ2v) is 5.75. The van der Waals surface area contributed by atoms with E-state index in [0.717, 1.165) is 24.6 Å². The summed E-state index contributed by atoms with van der Waals surface area (Å²) in [4.78, 5) is 4.38. The molecule has 20 heavy (non-hydrogen) atoms. The fourth-order valence-corrected chi connectivity index (χ4v) is 1.96. The maximum atomic E-state index is 5.23. The topological polar surface area (TPSA) is 81.7 Å². The Labute approximate surface area is 117 Å². The highest BCUT2D eigenvalue weighted by molar-refractivity contribution is 5.03. The van der Waals surface area contributed by atoms with Gasteiger partial charge in [-0.25, -0.2) is 4.68 Å². The molecule has 0 amide bonds. The first-order valence-electron chi connectivity index (χ1n) is 7.13. The first kappa shape index (κ1) is 13.2. The molecule has 3 rings (SSSR count). The summed E-state index contributed by atoms with van der Waals surface area (Å²) in [6.45, 7) is 6.54. The third-order valence-electron chi connectivity index (χ3n) is 3.17. The van der Waals surface area contributed by atoms with E-state index >= 15 is 0 Å². The van der Waals surface area contributed by atoms with Crippen LogP contribution in [0.4, 0.5) is 0 Å². The van der Waals surface area contributed by atoms with Gasteiger partial charge in [-0.1, -0.05) is 24.2 Å². The molecule has 0 radical (unpaired) electrons. The maximum Gasteiger partial charge on any atom is 0.248 e. The lowest BCUT2D eigenvalue weighted by Crippen LogP contribution is -2.19. The third kappa shape index (κ3) is 3.41. The molecule has 1 aliphatic carbocycles. The van der Waals surface area contributed by atoms with E-state index < -0.39 is 0 Å². The van der Waals surface area contributed by atoms with Gasteiger partial charge >= 0.3 is 0 Å². The Morgan fingerprint density at radius 3 is 3.05 bits per heavy atom.